The molecule has 0 bridgehead atoms. The highest BCUT2D eigenvalue weighted by atomic mass is 15.1. The lowest BCUT2D eigenvalue weighted by atomic mass is 9.94. The molecule has 0 saturated carbocycles. The minimum atomic E-state index is 0.756. The van der Waals surface area contributed by atoms with Crippen molar-refractivity contribution in [3.63, 3.8) is 0 Å². The van der Waals surface area contributed by atoms with Crippen molar-refractivity contribution in [1.82, 2.24) is 19.4 Å². The van der Waals surface area contributed by atoms with Crippen molar-refractivity contribution in [2.24, 2.45) is 5.92 Å². The maximum atomic E-state index is 6.05. The zero-order valence-corrected chi connectivity index (χ0v) is 12.6. The molecule has 2 aromatic rings. The van der Waals surface area contributed by atoms with Crippen LogP contribution in [0.4, 0.5) is 5.69 Å². The molecule has 1 aliphatic rings. The average Bonchev–Trinajstić information content (AvgIpc) is 2.95. The molecule has 3 rings (SSSR count). The molecule has 0 unspecified atom stereocenters. The third-order valence-electron chi connectivity index (χ3n) is 4.46. The second-order valence-corrected chi connectivity index (χ2v) is 5.97. The maximum absolute atomic E-state index is 6.05. The fourth-order valence-electron chi connectivity index (χ4n) is 3.01. The van der Waals surface area contributed by atoms with Crippen LogP contribution in [0.15, 0.2) is 31.0 Å². The Bertz CT molecular complexity index is 584. The number of pyridine rings is 1. The topological polar surface area (TPSA) is 60.0 Å². The number of nitrogen functional groups attached to an aromatic ring is 1. The first-order valence-corrected chi connectivity index (χ1v) is 7.62. The van der Waals surface area contributed by atoms with Crippen LogP contribution in [0, 0.1) is 5.92 Å². The van der Waals surface area contributed by atoms with E-state index < -0.39 is 0 Å². The minimum Gasteiger partial charge on any atom is -0.398 e. The first-order valence-electron chi connectivity index (χ1n) is 7.62. The Morgan fingerprint density at radius 1 is 1.24 bits per heavy atom. The van der Waals surface area contributed by atoms with E-state index in [1.54, 1.807) is 6.20 Å². The van der Waals surface area contributed by atoms with Crippen LogP contribution in [0.3, 0.4) is 0 Å². The van der Waals surface area contributed by atoms with Gasteiger partial charge in [-0.1, -0.05) is 0 Å². The SMILES string of the molecule is CN1CCC(CCn2cncc2-c2cnccc2N)CC1. The summed E-state index contributed by atoms with van der Waals surface area (Å²) < 4.78 is 2.20. The van der Waals surface area contributed by atoms with Crippen molar-refractivity contribution in [3.05, 3.63) is 31.0 Å². The molecule has 0 spiro atoms. The number of likely N-dealkylation sites (tertiary alicyclic amines) is 1. The standard InChI is InChI=1S/C16H23N5/c1-20-7-3-13(4-8-20)5-9-21-12-19-11-16(21)14-10-18-6-2-15(14)17/h2,6,10-13H,3-5,7-9H2,1H3,(H2,17,18). The van der Waals surface area contributed by atoms with Gasteiger partial charge in [0, 0.05) is 30.2 Å². The summed E-state index contributed by atoms with van der Waals surface area (Å²) in [6, 6.07) is 1.84. The lowest BCUT2D eigenvalue weighted by Crippen LogP contribution is -2.30. The molecule has 5 nitrogen and oxygen atoms in total. The number of hydrogen-bond donors (Lipinski definition) is 1. The zero-order valence-electron chi connectivity index (χ0n) is 12.6. The number of piperidine rings is 1. The highest BCUT2D eigenvalue weighted by molar-refractivity contribution is 5.72. The number of imidazole rings is 1. The Morgan fingerprint density at radius 2 is 2.05 bits per heavy atom. The van der Waals surface area contributed by atoms with Gasteiger partial charge in [-0.05, 0) is 51.4 Å². The monoisotopic (exact) mass is 285 g/mol. The molecule has 5 heteroatoms. The summed E-state index contributed by atoms with van der Waals surface area (Å²) in [7, 11) is 2.20. The summed E-state index contributed by atoms with van der Waals surface area (Å²) in [6.07, 6.45) is 11.1. The van der Waals surface area contributed by atoms with Gasteiger partial charge in [0.2, 0.25) is 0 Å². The lowest BCUT2D eigenvalue weighted by Gasteiger charge is -2.29. The fourth-order valence-corrected chi connectivity index (χ4v) is 3.01. The van der Waals surface area contributed by atoms with E-state index in [1.165, 1.54) is 32.4 Å². The molecular weight excluding hydrogens is 262 g/mol. The first-order chi connectivity index (χ1) is 10.2. The zero-order chi connectivity index (χ0) is 14.7. The highest BCUT2D eigenvalue weighted by Crippen LogP contribution is 2.26. The summed E-state index contributed by atoms with van der Waals surface area (Å²) in [5.74, 6) is 0.822. The predicted octanol–water partition coefficient (Wildman–Crippen LogP) is 2.26. The van der Waals surface area contributed by atoms with Gasteiger partial charge in [-0.25, -0.2) is 4.98 Å². The van der Waals surface area contributed by atoms with Crippen molar-refractivity contribution < 1.29 is 0 Å². The number of hydrogen-bond acceptors (Lipinski definition) is 4. The van der Waals surface area contributed by atoms with Crippen molar-refractivity contribution in [1.29, 1.82) is 0 Å². The van der Waals surface area contributed by atoms with Crippen molar-refractivity contribution in [2.75, 3.05) is 25.9 Å². The summed E-state index contributed by atoms with van der Waals surface area (Å²) in [6.45, 7) is 3.44. The van der Waals surface area contributed by atoms with Crippen LogP contribution in [0.5, 0.6) is 0 Å². The molecule has 0 radical (unpaired) electrons. The van der Waals surface area contributed by atoms with Gasteiger partial charge in [0.05, 0.1) is 18.2 Å². The van der Waals surface area contributed by atoms with E-state index in [2.05, 4.69) is 26.5 Å². The van der Waals surface area contributed by atoms with E-state index in [9.17, 15) is 0 Å². The number of nitrogens with two attached hydrogens (primary N) is 1. The number of nitrogens with zero attached hydrogens (tertiary/aromatic N) is 4. The second-order valence-electron chi connectivity index (χ2n) is 5.97. The predicted molar refractivity (Wildman–Crippen MR) is 84.7 cm³/mol. The lowest BCUT2D eigenvalue weighted by molar-refractivity contribution is 0.208. The summed E-state index contributed by atoms with van der Waals surface area (Å²) in [4.78, 5) is 10.9. The average molecular weight is 285 g/mol. The summed E-state index contributed by atoms with van der Waals surface area (Å²) in [5, 5.41) is 0. The molecule has 1 fully saturated rings. The quantitative estimate of drug-likeness (QED) is 0.936. The fraction of sp³-hybridized carbons (Fsp3) is 0.500. The highest BCUT2D eigenvalue weighted by Gasteiger charge is 2.17. The van der Waals surface area contributed by atoms with Gasteiger partial charge in [-0.15, -0.1) is 0 Å². The summed E-state index contributed by atoms with van der Waals surface area (Å²) >= 11 is 0. The third-order valence-corrected chi connectivity index (χ3v) is 4.46. The second kappa shape index (κ2) is 6.26. The molecule has 21 heavy (non-hydrogen) atoms. The van der Waals surface area contributed by atoms with Crippen LogP contribution in [0.2, 0.25) is 0 Å². The van der Waals surface area contributed by atoms with Crippen LogP contribution < -0.4 is 5.73 Å². The van der Waals surface area contributed by atoms with Gasteiger partial charge < -0.3 is 15.2 Å². The number of rotatable bonds is 4. The van der Waals surface area contributed by atoms with E-state index in [-0.39, 0.29) is 0 Å². The third kappa shape index (κ3) is 3.24. The van der Waals surface area contributed by atoms with Crippen LogP contribution in [-0.2, 0) is 6.54 Å². The molecule has 0 aliphatic carbocycles. The van der Waals surface area contributed by atoms with Crippen LogP contribution in [0.25, 0.3) is 11.3 Å². The van der Waals surface area contributed by atoms with Gasteiger partial charge in [0.1, 0.15) is 0 Å². The Kier molecular flexibility index (Phi) is 4.20. The molecule has 1 aliphatic heterocycles. The van der Waals surface area contributed by atoms with E-state index >= 15 is 0 Å². The van der Waals surface area contributed by atoms with E-state index in [0.717, 1.165) is 29.4 Å². The molecule has 0 aromatic carbocycles. The molecule has 1 saturated heterocycles. The smallest absolute Gasteiger partial charge is 0.0950 e. The Morgan fingerprint density at radius 3 is 2.81 bits per heavy atom. The van der Waals surface area contributed by atoms with Gasteiger partial charge in [-0.3, -0.25) is 4.98 Å². The van der Waals surface area contributed by atoms with Crippen LogP contribution in [-0.4, -0.2) is 39.6 Å². The van der Waals surface area contributed by atoms with E-state index in [0.29, 0.717) is 0 Å². The van der Waals surface area contributed by atoms with E-state index in [4.69, 9.17) is 5.73 Å². The molecule has 0 atom stereocenters. The number of aryl methyl sites for hydroxylation is 1. The van der Waals surface area contributed by atoms with Crippen molar-refractivity contribution >= 4 is 5.69 Å². The van der Waals surface area contributed by atoms with Gasteiger partial charge in [-0.2, -0.15) is 0 Å². The van der Waals surface area contributed by atoms with Gasteiger partial charge in [0.15, 0.2) is 0 Å². The van der Waals surface area contributed by atoms with Gasteiger partial charge in [0.25, 0.3) is 0 Å². The van der Waals surface area contributed by atoms with Gasteiger partial charge >= 0.3 is 0 Å². The molecule has 3 heterocycles. The first kappa shape index (κ1) is 14.1. The minimum absolute atomic E-state index is 0.756. The molecule has 0 amide bonds. The molecule has 112 valence electrons. The maximum Gasteiger partial charge on any atom is 0.0950 e. The van der Waals surface area contributed by atoms with Crippen LogP contribution in [0.1, 0.15) is 19.3 Å². The normalized spacial score (nSPS) is 17.2. The van der Waals surface area contributed by atoms with Crippen molar-refractivity contribution in [3.8, 4) is 11.3 Å². The van der Waals surface area contributed by atoms with Crippen LogP contribution >= 0.6 is 0 Å². The molecule has 2 N–H and O–H groups in total. The van der Waals surface area contributed by atoms with Crippen molar-refractivity contribution in [2.45, 2.75) is 25.8 Å². The summed E-state index contributed by atoms with van der Waals surface area (Å²) in [5.41, 5.74) is 8.84. The number of anilines is 1. The van der Waals surface area contributed by atoms with E-state index in [1.807, 2.05) is 24.8 Å². The number of aromatic nitrogens is 3. The Labute approximate surface area is 125 Å². The largest absolute Gasteiger partial charge is 0.398 e. The Balaban J connectivity index is 1.67. The molecule has 2 aromatic heterocycles. The molecular formula is C16H23N5. The Hall–Kier alpha value is -1.88.